The number of nitrogens with one attached hydrogen (secondary N) is 1. The first-order valence-electron chi connectivity index (χ1n) is 8.97. The Kier molecular flexibility index (Phi) is 5.78. The molecule has 1 aromatic carbocycles. The summed E-state index contributed by atoms with van der Waals surface area (Å²) in [5, 5.41) is 14.0. The third-order valence-electron chi connectivity index (χ3n) is 5.51. The molecule has 0 bridgehead atoms. The zero-order valence-electron chi connectivity index (χ0n) is 14.6. The van der Waals surface area contributed by atoms with Crippen LogP contribution in [0.3, 0.4) is 0 Å². The minimum absolute atomic E-state index is 0.0529. The van der Waals surface area contributed by atoms with Crippen molar-refractivity contribution in [2.45, 2.75) is 50.3 Å². The summed E-state index contributed by atoms with van der Waals surface area (Å²) >= 11 is 0. The molecule has 0 amide bonds. The molecule has 5 nitrogen and oxygen atoms in total. The average Bonchev–Trinajstić information content (AvgIpc) is 3.02. The van der Waals surface area contributed by atoms with Crippen molar-refractivity contribution in [3.63, 3.8) is 0 Å². The Morgan fingerprint density at radius 2 is 2.00 bits per heavy atom. The van der Waals surface area contributed by atoms with Gasteiger partial charge in [-0.15, -0.1) is 0 Å². The molecule has 0 aliphatic carbocycles. The molecule has 0 radical (unpaired) electrons. The van der Waals surface area contributed by atoms with Crippen LogP contribution in [0.25, 0.3) is 0 Å². The van der Waals surface area contributed by atoms with Gasteiger partial charge in [-0.3, -0.25) is 0 Å². The molecule has 2 saturated heterocycles. The fourth-order valence-electron chi connectivity index (χ4n) is 4.09. The SMILES string of the molecule is CS(=O)(=O)N1CCC(C[C@@H]2CC[C@H]([C@@H](O)c3cccc(F)c3)N2)CC1. The number of nitrogens with zero attached hydrogens (tertiary/aromatic N) is 1. The fourth-order valence-corrected chi connectivity index (χ4v) is 4.96. The van der Waals surface area contributed by atoms with Crippen molar-refractivity contribution < 1.29 is 17.9 Å². The highest BCUT2D eigenvalue weighted by Gasteiger charge is 2.33. The molecule has 1 aromatic rings. The molecule has 140 valence electrons. The molecule has 0 saturated carbocycles. The first kappa shape index (κ1) is 18.8. The normalized spacial score (nSPS) is 27.5. The Morgan fingerprint density at radius 1 is 1.28 bits per heavy atom. The van der Waals surface area contributed by atoms with Crippen molar-refractivity contribution in [2.24, 2.45) is 5.92 Å². The maximum absolute atomic E-state index is 13.3. The van der Waals surface area contributed by atoms with E-state index in [0.717, 1.165) is 32.1 Å². The standard InChI is InChI=1S/C18H27FN2O3S/c1-25(23,24)21-9-7-13(8-10-21)11-16-5-6-17(20-16)18(22)14-3-2-4-15(19)12-14/h2-4,12-13,16-18,20,22H,5-11H2,1H3/t16-,17+,18-/m0/s1. The summed E-state index contributed by atoms with van der Waals surface area (Å²) in [5.41, 5.74) is 0.611. The molecule has 3 rings (SSSR count). The van der Waals surface area contributed by atoms with Crippen molar-refractivity contribution in [3.05, 3.63) is 35.6 Å². The van der Waals surface area contributed by atoms with Crippen LogP contribution in [0.5, 0.6) is 0 Å². The molecule has 0 spiro atoms. The van der Waals surface area contributed by atoms with Gasteiger partial charge in [0.05, 0.1) is 12.4 Å². The highest BCUT2D eigenvalue weighted by Crippen LogP contribution is 2.31. The number of aliphatic hydroxyl groups is 1. The van der Waals surface area contributed by atoms with Crippen molar-refractivity contribution >= 4 is 10.0 Å². The Hall–Kier alpha value is -1.02. The number of hydrogen-bond acceptors (Lipinski definition) is 4. The molecule has 2 aliphatic rings. The van der Waals surface area contributed by atoms with Crippen LogP contribution in [-0.4, -0.2) is 49.3 Å². The molecule has 2 aliphatic heterocycles. The molecular formula is C18H27FN2O3S. The molecular weight excluding hydrogens is 343 g/mol. The van der Waals surface area contributed by atoms with Gasteiger partial charge < -0.3 is 10.4 Å². The summed E-state index contributed by atoms with van der Waals surface area (Å²) in [6.07, 6.45) is 5.21. The molecule has 7 heteroatoms. The first-order chi connectivity index (χ1) is 11.8. The van der Waals surface area contributed by atoms with Gasteiger partial charge in [0, 0.05) is 25.2 Å². The minimum Gasteiger partial charge on any atom is -0.387 e. The predicted octanol–water partition coefficient (Wildman–Crippen LogP) is 2.04. The Bertz CT molecular complexity index is 689. The number of hydrogen-bond donors (Lipinski definition) is 2. The van der Waals surface area contributed by atoms with E-state index in [1.165, 1.54) is 18.4 Å². The largest absolute Gasteiger partial charge is 0.387 e. The van der Waals surface area contributed by atoms with Crippen LogP contribution in [0, 0.1) is 11.7 Å². The molecule has 25 heavy (non-hydrogen) atoms. The van der Waals surface area contributed by atoms with Crippen LogP contribution in [-0.2, 0) is 10.0 Å². The first-order valence-corrected chi connectivity index (χ1v) is 10.8. The smallest absolute Gasteiger partial charge is 0.211 e. The molecule has 0 unspecified atom stereocenters. The fraction of sp³-hybridized carbons (Fsp3) is 0.667. The second kappa shape index (κ2) is 7.70. The summed E-state index contributed by atoms with van der Waals surface area (Å²) in [7, 11) is -3.08. The highest BCUT2D eigenvalue weighted by atomic mass is 32.2. The van der Waals surface area contributed by atoms with Gasteiger partial charge in [0.15, 0.2) is 0 Å². The number of halogens is 1. The summed E-state index contributed by atoms with van der Waals surface area (Å²) in [4.78, 5) is 0. The number of piperidine rings is 1. The van der Waals surface area contributed by atoms with E-state index in [0.29, 0.717) is 30.6 Å². The second-order valence-electron chi connectivity index (χ2n) is 7.39. The molecule has 3 atom stereocenters. The van der Waals surface area contributed by atoms with E-state index < -0.39 is 16.1 Å². The van der Waals surface area contributed by atoms with Gasteiger partial charge in [-0.25, -0.2) is 17.1 Å². The third-order valence-corrected chi connectivity index (χ3v) is 6.81. The average molecular weight is 370 g/mol. The molecule has 0 aromatic heterocycles. The quantitative estimate of drug-likeness (QED) is 0.832. The van der Waals surface area contributed by atoms with Crippen LogP contribution in [0.2, 0.25) is 0 Å². The van der Waals surface area contributed by atoms with E-state index in [1.54, 1.807) is 16.4 Å². The number of rotatable bonds is 5. The lowest BCUT2D eigenvalue weighted by Crippen LogP contribution is -2.40. The van der Waals surface area contributed by atoms with E-state index >= 15 is 0 Å². The molecule has 2 fully saturated rings. The van der Waals surface area contributed by atoms with E-state index in [4.69, 9.17) is 0 Å². The van der Waals surface area contributed by atoms with E-state index in [1.807, 2.05) is 0 Å². The number of benzene rings is 1. The van der Waals surface area contributed by atoms with Crippen molar-refractivity contribution in [2.75, 3.05) is 19.3 Å². The summed E-state index contributed by atoms with van der Waals surface area (Å²) in [5.74, 6) is 0.185. The van der Waals surface area contributed by atoms with Crippen LogP contribution < -0.4 is 5.32 Å². The Morgan fingerprint density at radius 3 is 2.64 bits per heavy atom. The van der Waals surface area contributed by atoms with Gasteiger partial charge in [-0.1, -0.05) is 12.1 Å². The number of sulfonamides is 1. The van der Waals surface area contributed by atoms with E-state index in [9.17, 15) is 17.9 Å². The van der Waals surface area contributed by atoms with Gasteiger partial charge in [-0.2, -0.15) is 0 Å². The van der Waals surface area contributed by atoms with Crippen LogP contribution in [0.15, 0.2) is 24.3 Å². The van der Waals surface area contributed by atoms with Crippen LogP contribution in [0.4, 0.5) is 4.39 Å². The van der Waals surface area contributed by atoms with Crippen molar-refractivity contribution in [3.8, 4) is 0 Å². The zero-order valence-corrected chi connectivity index (χ0v) is 15.4. The lowest BCUT2D eigenvalue weighted by Gasteiger charge is -2.31. The number of aliphatic hydroxyl groups excluding tert-OH is 1. The maximum Gasteiger partial charge on any atom is 0.211 e. The highest BCUT2D eigenvalue weighted by molar-refractivity contribution is 7.88. The second-order valence-corrected chi connectivity index (χ2v) is 9.37. The van der Waals surface area contributed by atoms with Gasteiger partial charge >= 0.3 is 0 Å². The maximum atomic E-state index is 13.3. The van der Waals surface area contributed by atoms with Gasteiger partial charge in [0.2, 0.25) is 10.0 Å². The lowest BCUT2D eigenvalue weighted by atomic mass is 9.90. The Labute approximate surface area is 149 Å². The van der Waals surface area contributed by atoms with Gasteiger partial charge in [0.1, 0.15) is 5.82 Å². The minimum atomic E-state index is -3.08. The van der Waals surface area contributed by atoms with E-state index in [2.05, 4.69) is 5.32 Å². The molecule has 2 heterocycles. The lowest BCUT2D eigenvalue weighted by molar-refractivity contribution is 0.133. The topological polar surface area (TPSA) is 69.6 Å². The third kappa shape index (κ3) is 4.78. The van der Waals surface area contributed by atoms with Crippen LogP contribution in [0.1, 0.15) is 43.8 Å². The predicted molar refractivity (Wildman–Crippen MR) is 95.1 cm³/mol. The van der Waals surface area contributed by atoms with Gasteiger partial charge in [0.25, 0.3) is 0 Å². The molecule has 2 N–H and O–H groups in total. The monoisotopic (exact) mass is 370 g/mol. The van der Waals surface area contributed by atoms with Crippen molar-refractivity contribution in [1.29, 1.82) is 0 Å². The van der Waals surface area contributed by atoms with Gasteiger partial charge in [-0.05, 0) is 55.7 Å². The zero-order chi connectivity index (χ0) is 18.0. The summed E-state index contributed by atoms with van der Waals surface area (Å²) in [6, 6.07) is 6.43. The van der Waals surface area contributed by atoms with Crippen LogP contribution >= 0.6 is 0 Å². The summed E-state index contributed by atoms with van der Waals surface area (Å²) in [6.45, 7) is 1.21. The Balaban J connectivity index is 1.49. The summed E-state index contributed by atoms with van der Waals surface area (Å²) < 4.78 is 38.0. The van der Waals surface area contributed by atoms with Crippen molar-refractivity contribution in [1.82, 2.24) is 9.62 Å². The van der Waals surface area contributed by atoms with E-state index in [-0.39, 0.29) is 11.9 Å².